The topological polar surface area (TPSA) is 188 Å². The summed E-state index contributed by atoms with van der Waals surface area (Å²) in [5.41, 5.74) is 1.49. The Morgan fingerprint density at radius 3 is 1.93 bits per heavy atom. The molecule has 0 aliphatic heterocycles. The Labute approximate surface area is 407 Å². The van der Waals surface area contributed by atoms with Gasteiger partial charge < -0.3 is 37.9 Å². The fraction of sp³-hybridized carbons (Fsp3) is 0.442. The van der Waals surface area contributed by atoms with Gasteiger partial charge in [0.2, 0.25) is 5.13 Å². The zero-order valence-electron chi connectivity index (χ0n) is 39.4. The van der Waals surface area contributed by atoms with Crippen molar-refractivity contribution in [3.63, 3.8) is 0 Å². The third-order valence-corrected chi connectivity index (χ3v) is 12.1. The molecule has 0 atom stereocenters. The quantitative estimate of drug-likeness (QED) is 0.00882. The minimum absolute atomic E-state index is 0.198. The molecule has 0 saturated heterocycles. The van der Waals surface area contributed by atoms with E-state index in [-0.39, 0.29) is 23.4 Å². The molecule has 4 aromatic rings. The lowest BCUT2D eigenvalue weighted by molar-refractivity contribution is -0.152. The van der Waals surface area contributed by atoms with E-state index in [1.807, 2.05) is 24.3 Å². The van der Waals surface area contributed by atoms with Gasteiger partial charge in [-0.2, -0.15) is 5.10 Å². The van der Waals surface area contributed by atoms with E-state index in [1.165, 1.54) is 17.6 Å². The van der Waals surface area contributed by atoms with Crippen LogP contribution in [0.4, 0.5) is 5.13 Å². The van der Waals surface area contributed by atoms with Gasteiger partial charge in [-0.3, -0.25) is 9.59 Å². The molecule has 1 heterocycles. The number of rotatable bonds is 31. The van der Waals surface area contributed by atoms with Gasteiger partial charge in [0.15, 0.2) is 0 Å². The van der Waals surface area contributed by atoms with Crippen molar-refractivity contribution in [2.24, 2.45) is 16.9 Å². The van der Waals surface area contributed by atoms with Crippen LogP contribution in [0, 0.1) is 11.8 Å². The number of benzene rings is 3. The van der Waals surface area contributed by atoms with Crippen LogP contribution in [-0.4, -0.2) is 101 Å². The van der Waals surface area contributed by atoms with Gasteiger partial charge in [0.1, 0.15) is 17.2 Å². The zero-order chi connectivity index (χ0) is 49.1. The van der Waals surface area contributed by atoms with Crippen LogP contribution in [0.15, 0.2) is 97.1 Å². The van der Waals surface area contributed by atoms with Crippen molar-refractivity contribution in [2.45, 2.75) is 77.0 Å². The number of aromatic nitrogens is 1. The van der Waals surface area contributed by atoms with Gasteiger partial charge in [-0.05, 0) is 132 Å². The maximum Gasteiger partial charge on any atom is 0.343 e. The van der Waals surface area contributed by atoms with E-state index in [2.05, 4.69) is 13.2 Å². The molecule has 0 amide bonds. The number of hydrogen-bond acceptors (Lipinski definition) is 17. The van der Waals surface area contributed by atoms with E-state index in [9.17, 15) is 24.0 Å². The summed E-state index contributed by atoms with van der Waals surface area (Å²) in [7, 11) is 1.61. The summed E-state index contributed by atoms with van der Waals surface area (Å²) in [4.78, 5) is 67.1. The van der Waals surface area contributed by atoms with Crippen LogP contribution >= 0.6 is 11.3 Å². The zero-order valence-corrected chi connectivity index (χ0v) is 40.2. The van der Waals surface area contributed by atoms with Crippen molar-refractivity contribution in [1.82, 2.24) is 4.98 Å². The number of esters is 5. The molecule has 17 heteroatoms. The Hall–Kier alpha value is -6.43. The number of carbonyl (C=O) groups excluding carboxylic acids is 5. The van der Waals surface area contributed by atoms with E-state index in [1.54, 1.807) is 54.6 Å². The predicted molar refractivity (Wildman–Crippen MR) is 262 cm³/mol. The molecule has 1 aliphatic rings. The van der Waals surface area contributed by atoms with Gasteiger partial charge in [0.25, 0.3) is 0 Å². The molecule has 1 aromatic heterocycles. The molecule has 0 bridgehead atoms. The van der Waals surface area contributed by atoms with Crippen molar-refractivity contribution in [2.75, 3.05) is 64.9 Å². The number of hydrogen-bond donors (Lipinski definition) is 0. The van der Waals surface area contributed by atoms with Gasteiger partial charge in [0, 0.05) is 24.8 Å². The Morgan fingerprint density at radius 1 is 0.681 bits per heavy atom. The van der Waals surface area contributed by atoms with Crippen molar-refractivity contribution in [3.05, 3.63) is 103 Å². The second kappa shape index (κ2) is 30.1. The highest BCUT2D eigenvalue weighted by molar-refractivity contribution is 7.22. The normalized spacial score (nSPS) is 14.4. The van der Waals surface area contributed by atoms with E-state index in [0.717, 1.165) is 67.3 Å². The summed E-state index contributed by atoms with van der Waals surface area (Å²) < 4.78 is 45.1. The van der Waals surface area contributed by atoms with Crippen LogP contribution < -0.4 is 19.2 Å². The molecule has 0 spiro atoms. The molecular weight excluding hydrogens is 907 g/mol. The summed E-state index contributed by atoms with van der Waals surface area (Å²) in [5.74, 6) is -1.89. The first-order chi connectivity index (χ1) is 33.7. The van der Waals surface area contributed by atoms with E-state index < -0.39 is 29.8 Å². The number of methoxy groups -OCH3 is 1. The first-order valence-electron chi connectivity index (χ1n) is 23.5. The van der Waals surface area contributed by atoms with Crippen LogP contribution in [0.3, 0.4) is 0 Å². The minimum atomic E-state index is -0.602. The predicted octanol–water partition coefficient (Wildman–Crippen LogP) is 9.23. The number of para-hydroxylation sites is 1. The summed E-state index contributed by atoms with van der Waals surface area (Å²) >= 11 is 1.47. The largest absolute Gasteiger partial charge is 0.494 e. The second-order valence-electron chi connectivity index (χ2n) is 16.1. The summed E-state index contributed by atoms with van der Waals surface area (Å²) in [6, 6.07) is 19.1. The Bertz CT molecular complexity index is 2270. The van der Waals surface area contributed by atoms with Gasteiger partial charge >= 0.3 is 29.8 Å². The van der Waals surface area contributed by atoms with Crippen LogP contribution in [0.5, 0.6) is 17.2 Å². The molecular formula is C52H63N3O13S. The van der Waals surface area contributed by atoms with Crippen molar-refractivity contribution in [3.8, 4) is 17.2 Å². The van der Waals surface area contributed by atoms with Gasteiger partial charge in [-0.1, -0.05) is 36.6 Å². The molecule has 1 fully saturated rings. The number of hydrazone groups is 1. The third-order valence-electron chi connectivity index (χ3n) is 11.0. The number of fused-ring (bicyclic) bond motifs is 1. The molecule has 1 saturated carbocycles. The minimum Gasteiger partial charge on any atom is -0.494 e. The molecule has 0 radical (unpaired) electrons. The first kappa shape index (κ1) is 53.5. The van der Waals surface area contributed by atoms with E-state index in [0.29, 0.717) is 107 Å². The summed E-state index contributed by atoms with van der Waals surface area (Å²) in [6.45, 7) is 9.77. The molecule has 0 unspecified atom stereocenters. The fourth-order valence-corrected chi connectivity index (χ4v) is 8.10. The lowest BCUT2D eigenvalue weighted by Crippen LogP contribution is -2.29. The Balaban J connectivity index is 1.21. The number of unbranched alkanes of at least 4 members (excludes halogenated alkanes) is 6. The number of carbonyl (C=O) groups is 5. The Kier molecular flexibility index (Phi) is 23.4. The molecule has 16 nitrogen and oxygen atoms in total. The highest BCUT2D eigenvalue weighted by Gasteiger charge is 2.32. The number of nitrogens with zero attached hydrogens (tertiary/aromatic N) is 3. The SMILES string of the molecule is C=CC(=O)OCCCCCCOC(=O)C1CCC(C(=O)Oc2ccc(OC(=O)c3ccc(OCCCCCCOC(=O)C=C)cc3)cc2/C=N/N(CCOCCOC)c2nc3ccccc3s2)CC1. The van der Waals surface area contributed by atoms with Crippen LogP contribution in [0.25, 0.3) is 10.2 Å². The second-order valence-corrected chi connectivity index (χ2v) is 17.1. The molecule has 5 rings (SSSR count). The van der Waals surface area contributed by atoms with Crippen molar-refractivity contribution < 1.29 is 61.9 Å². The maximum atomic E-state index is 13.7. The monoisotopic (exact) mass is 969 g/mol. The lowest BCUT2D eigenvalue weighted by atomic mass is 9.82. The first-order valence-corrected chi connectivity index (χ1v) is 24.3. The standard InChI is InChI=1S/C52H63N3O13S/c1-4-47(56)64-30-13-7-6-12-29-63-42-24-22-40(23-25-42)50(59)67-43-26-27-45(41(36-43)37-53-55(28-33-62-35-34-61-3)52-54-44-16-10-11-17-46(44)69-52)68-51(60)39-20-18-38(19-21-39)49(58)66-32-15-9-8-14-31-65-48(57)5-2/h4-5,10-11,16-17,22-27,36-39H,1-2,6-9,12-15,18-21,28-35H2,3H3/b53-37+. The van der Waals surface area contributed by atoms with Crippen molar-refractivity contribution in [1.29, 1.82) is 0 Å². The average molecular weight is 970 g/mol. The van der Waals surface area contributed by atoms with Gasteiger partial charge in [-0.15, -0.1) is 0 Å². The van der Waals surface area contributed by atoms with Crippen LogP contribution in [-0.2, 0) is 42.9 Å². The van der Waals surface area contributed by atoms with Crippen LogP contribution in [0.1, 0.15) is 93.0 Å². The molecule has 0 N–H and O–H groups in total. The molecule has 370 valence electrons. The summed E-state index contributed by atoms with van der Waals surface area (Å²) in [6.07, 6.45) is 12.2. The smallest absolute Gasteiger partial charge is 0.343 e. The number of thiazole rings is 1. The highest BCUT2D eigenvalue weighted by Crippen LogP contribution is 2.33. The molecule has 69 heavy (non-hydrogen) atoms. The number of ether oxygens (including phenoxy) is 8. The molecule has 3 aromatic carbocycles. The number of anilines is 1. The Morgan fingerprint density at radius 2 is 1.29 bits per heavy atom. The third kappa shape index (κ3) is 18.9. The molecule has 1 aliphatic carbocycles. The lowest BCUT2D eigenvalue weighted by Gasteiger charge is -2.26. The average Bonchev–Trinajstić information content (AvgIpc) is 3.81. The maximum absolute atomic E-state index is 13.7. The van der Waals surface area contributed by atoms with Gasteiger partial charge in [-0.25, -0.2) is 24.4 Å². The van der Waals surface area contributed by atoms with E-state index in [4.69, 9.17) is 48.0 Å². The highest BCUT2D eigenvalue weighted by atomic mass is 32.1. The summed E-state index contributed by atoms with van der Waals surface area (Å²) in [5, 5.41) is 7.13. The van der Waals surface area contributed by atoms with E-state index >= 15 is 0 Å². The van der Waals surface area contributed by atoms with Crippen molar-refractivity contribution >= 4 is 62.7 Å². The van der Waals surface area contributed by atoms with Gasteiger partial charge in [0.05, 0.1) is 86.6 Å². The van der Waals surface area contributed by atoms with Crippen LogP contribution in [0.2, 0.25) is 0 Å². The fourth-order valence-electron chi connectivity index (χ4n) is 7.15.